The van der Waals surface area contributed by atoms with E-state index in [-0.39, 0.29) is 11.3 Å². The van der Waals surface area contributed by atoms with Gasteiger partial charge in [0.25, 0.3) is 5.89 Å². The van der Waals surface area contributed by atoms with E-state index in [1.165, 1.54) is 0 Å². The van der Waals surface area contributed by atoms with Crippen LogP contribution >= 0.6 is 0 Å². The Kier molecular flexibility index (Phi) is 3.69. The third kappa shape index (κ3) is 2.84. The Bertz CT molecular complexity index is 712. The molecule has 1 spiro atoms. The van der Waals surface area contributed by atoms with Crippen LogP contribution in [0.2, 0.25) is 0 Å². The summed E-state index contributed by atoms with van der Waals surface area (Å²) in [5, 5.41) is 4.18. The quantitative estimate of drug-likeness (QED) is 0.840. The monoisotopic (exact) mass is 329 g/mol. The summed E-state index contributed by atoms with van der Waals surface area (Å²) in [7, 11) is 0. The molecule has 0 aromatic carbocycles. The van der Waals surface area contributed by atoms with Gasteiger partial charge in [-0.05, 0) is 18.6 Å². The fourth-order valence-electron chi connectivity index (χ4n) is 3.44. The molecule has 2 aromatic heterocycles. The lowest BCUT2D eigenvalue weighted by molar-refractivity contribution is -0.151. The van der Waals surface area contributed by atoms with Gasteiger partial charge in [-0.15, -0.1) is 0 Å². The van der Waals surface area contributed by atoms with Gasteiger partial charge in [0.2, 0.25) is 0 Å². The molecule has 1 aliphatic heterocycles. The summed E-state index contributed by atoms with van der Waals surface area (Å²) in [6.07, 6.45) is 4.45. The standard InChI is InChI=1S/C18H23N3O3/c1-17(2,3)14-5-4-13(11-19-14)16-20-15(21-24-16)12-6-7-18(10-12)22-8-9-23-18/h4-5,11-12H,6-10H2,1-3H3. The molecule has 1 saturated heterocycles. The van der Waals surface area contributed by atoms with Crippen molar-refractivity contribution in [3.8, 4) is 11.5 Å². The molecule has 1 atom stereocenters. The first kappa shape index (κ1) is 15.7. The Morgan fingerprint density at radius 2 is 1.96 bits per heavy atom. The Morgan fingerprint density at radius 1 is 1.17 bits per heavy atom. The summed E-state index contributed by atoms with van der Waals surface area (Å²) >= 11 is 0. The lowest BCUT2D eigenvalue weighted by Crippen LogP contribution is -2.25. The van der Waals surface area contributed by atoms with Crippen molar-refractivity contribution in [1.29, 1.82) is 0 Å². The molecule has 1 aliphatic carbocycles. The highest BCUT2D eigenvalue weighted by Crippen LogP contribution is 2.45. The minimum Gasteiger partial charge on any atom is -0.348 e. The minimum absolute atomic E-state index is 0.0258. The molecule has 4 rings (SSSR count). The van der Waals surface area contributed by atoms with Crippen molar-refractivity contribution >= 4 is 0 Å². The lowest BCUT2D eigenvalue weighted by atomic mass is 9.91. The van der Waals surface area contributed by atoms with Gasteiger partial charge in [-0.2, -0.15) is 4.98 Å². The molecule has 0 bridgehead atoms. The molecule has 1 unspecified atom stereocenters. The van der Waals surface area contributed by atoms with Crippen LogP contribution in [0.1, 0.15) is 57.5 Å². The van der Waals surface area contributed by atoms with E-state index < -0.39 is 5.79 Å². The molecule has 24 heavy (non-hydrogen) atoms. The smallest absolute Gasteiger partial charge is 0.259 e. The van der Waals surface area contributed by atoms with Crippen LogP contribution in [-0.2, 0) is 14.9 Å². The molecular formula is C18H23N3O3. The highest BCUT2D eigenvalue weighted by molar-refractivity contribution is 5.51. The van der Waals surface area contributed by atoms with Gasteiger partial charge in [0, 0.05) is 36.1 Å². The molecule has 6 heteroatoms. The Labute approximate surface area is 141 Å². The molecule has 0 amide bonds. The molecule has 0 radical (unpaired) electrons. The van der Waals surface area contributed by atoms with Gasteiger partial charge in [-0.3, -0.25) is 4.98 Å². The number of rotatable bonds is 2. The topological polar surface area (TPSA) is 70.3 Å². The number of hydrogen-bond donors (Lipinski definition) is 0. The number of pyridine rings is 1. The van der Waals surface area contributed by atoms with E-state index in [0.29, 0.717) is 19.1 Å². The SMILES string of the molecule is CC(C)(C)c1ccc(-c2nc(C3CCC4(C3)OCCO4)no2)cn1. The Balaban J connectivity index is 1.51. The summed E-state index contributed by atoms with van der Waals surface area (Å²) in [4.78, 5) is 9.10. The number of nitrogens with zero attached hydrogens (tertiary/aromatic N) is 3. The van der Waals surface area contributed by atoms with E-state index in [2.05, 4.69) is 35.9 Å². The average molecular weight is 329 g/mol. The van der Waals surface area contributed by atoms with Crippen LogP contribution in [0.4, 0.5) is 0 Å². The van der Waals surface area contributed by atoms with Crippen molar-refractivity contribution < 1.29 is 14.0 Å². The van der Waals surface area contributed by atoms with Crippen LogP contribution in [0.15, 0.2) is 22.9 Å². The lowest BCUT2D eigenvalue weighted by Gasteiger charge is -2.20. The second kappa shape index (κ2) is 5.63. The van der Waals surface area contributed by atoms with Crippen molar-refractivity contribution in [3.63, 3.8) is 0 Å². The largest absolute Gasteiger partial charge is 0.348 e. The minimum atomic E-state index is -0.415. The molecule has 2 fully saturated rings. The van der Waals surface area contributed by atoms with Crippen LogP contribution < -0.4 is 0 Å². The molecule has 1 saturated carbocycles. The zero-order valence-corrected chi connectivity index (χ0v) is 14.4. The van der Waals surface area contributed by atoms with Gasteiger partial charge in [0.1, 0.15) is 0 Å². The zero-order valence-electron chi connectivity index (χ0n) is 14.4. The Morgan fingerprint density at radius 3 is 2.62 bits per heavy atom. The van der Waals surface area contributed by atoms with E-state index in [1.807, 2.05) is 12.1 Å². The maximum absolute atomic E-state index is 5.77. The van der Waals surface area contributed by atoms with Gasteiger partial charge < -0.3 is 14.0 Å². The summed E-state index contributed by atoms with van der Waals surface area (Å²) in [5.41, 5.74) is 1.92. The van der Waals surface area contributed by atoms with Crippen molar-refractivity contribution in [1.82, 2.24) is 15.1 Å². The van der Waals surface area contributed by atoms with Crippen molar-refractivity contribution in [2.75, 3.05) is 13.2 Å². The molecule has 6 nitrogen and oxygen atoms in total. The fraction of sp³-hybridized carbons (Fsp3) is 0.611. The van der Waals surface area contributed by atoms with Gasteiger partial charge in [-0.25, -0.2) is 0 Å². The normalized spacial score (nSPS) is 23.2. The van der Waals surface area contributed by atoms with Crippen molar-refractivity contribution in [2.45, 2.75) is 57.2 Å². The van der Waals surface area contributed by atoms with E-state index in [0.717, 1.165) is 36.3 Å². The highest BCUT2D eigenvalue weighted by atomic mass is 16.7. The second-order valence-electron chi connectivity index (χ2n) is 7.69. The summed E-state index contributed by atoms with van der Waals surface area (Å²) in [6, 6.07) is 4.01. The Hall–Kier alpha value is -1.79. The maximum atomic E-state index is 5.77. The van der Waals surface area contributed by atoms with Crippen LogP contribution in [-0.4, -0.2) is 34.1 Å². The van der Waals surface area contributed by atoms with Crippen LogP contribution in [0.5, 0.6) is 0 Å². The first-order valence-corrected chi connectivity index (χ1v) is 8.54. The fourth-order valence-corrected chi connectivity index (χ4v) is 3.44. The first-order valence-electron chi connectivity index (χ1n) is 8.54. The molecule has 3 heterocycles. The van der Waals surface area contributed by atoms with Gasteiger partial charge >= 0.3 is 0 Å². The predicted octanol–water partition coefficient (Wildman–Crippen LogP) is 3.44. The molecule has 2 aliphatic rings. The predicted molar refractivity (Wildman–Crippen MR) is 87.5 cm³/mol. The maximum Gasteiger partial charge on any atom is 0.259 e. The molecular weight excluding hydrogens is 306 g/mol. The summed E-state index contributed by atoms with van der Waals surface area (Å²) < 4.78 is 17.0. The van der Waals surface area contributed by atoms with Crippen molar-refractivity contribution in [2.24, 2.45) is 0 Å². The highest BCUT2D eigenvalue weighted by Gasteiger charge is 2.45. The van der Waals surface area contributed by atoms with Crippen LogP contribution in [0.3, 0.4) is 0 Å². The van der Waals surface area contributed by atoms with Crippen LogP contribution in [0.25, 0.3) is 11.5 Å². The molecule has 0 N–H and O–H groups in total. The third-order valence-electron chi connectivity index (χ3n) is 4.83. The van der Waals surface area contributed by atoms with E-state index in [9.17, 15) is 0 Å². The van der Waals surface area contributed by atoms with Crippen LogP contribution in [0, 0.1) is 0 Å². The zero-order chi connectivity index (χ0) is 16.8. The van der Waals surface area contributed by atoms with E-state index in [4.69, 9.17) is 14.0 Å². The van der Waals surface area contributed by atoms with Gasteiger partial charge in [-0.1, -0.05) is 25.9 Å². The van der Waals surface area contributed by atoms with E-state index in [1.54, 1.807) is 6.20 Å². The van der Waals surface area contributed by atoms with Gasteiger partial charge in [0.05, 0.1) is 18.8 Å². The molecule has 2 aromatic rings. The number of ether oxygens (including phenoxy) is 2. The molecule has 128 valence electrons. The average Bonchev–Trinajstić information content (AvgIpc) is 3.29. The third-order valence-corrected chi connectivity index (χ3v) is 4.83. The number of aromatic nitrogens is 3. The van der Waals surface area contributed by atoms with Crippen molar-refractivity contribution in [3.05, 3.63) is 29.8 Å². The number of hydrogen-bond acceptors (Lipinski definition) is 6. The first-order chi connectivity index (χ1) is 11.5. The summed E-state index contributed by atoms with van der Waals surface area (Å²) in [6.45, 7) is 7.78. The van der Waals surface area contributed by atoms with Gasteiger partial charge in [0.15, 0.2) is 11.6 Å². The van der Waals surface area contributed by atoms with E-state index >= 15 is 0 Å². The summed E-state index contributed by atoms with van der Waals surface area (Å²) in [5.74, 6) is 1.07. The second-order valence-corrected chi connectivity index (χ2v) is 7.69.